The molecular formula is C23H32N2O5S. The molecule has 1 aromatic carbocycles. The second-order valence-corrected chi connectivity index (χ2v) is 10.6. The molecule has 31 heavy (non-hydrogen) atoms. The highest BCUT2D eigenvalue weighted by atomic mass is 32.2. The molecule has 1 aliphatic rings. The first-order valence-corrected chi connectivity index (χ1v) is 11.0. The molecule has 0 saturated carbocycles. The van der Waals surface area contributed by atoms with Gasteiger partial charge in [-0.05, 0) is 46.4 Å². The zero-order valence-corrected chi connectivity index (χ0v) is 20.1. The standard InChI is InChI=1S/C23H32N2O5S/c1-22(2,3)15-10-14(11-16(19(15)27)23(4,5)6)12-17-20(28)25(21(29)31-17)13-18(26)24-8-9-30-7/h10-12,27H,8-9,13H2,1-7H3,(H,24,26)/b17-12-. The maximum absolute atomic E-state index is 12.8. The Hall–Kier alpha value is -2.32. The van der Waals surface area contributed by atoms with Crippen molar-refractivity contribution in [3.63, 3.8) is 0 Å². The normalized spacial score (nSPS) is 16.4. The van der Waals surface area contributed by atoms with Gasteiger partial charge in [-0.3, -0.25) is 19.3 Å². The smallest absolute Gasteiger partial charge is 0.294 e. The van der Waals surface area contributed by atoms with E-state index in [1.54, 1.807) is 6.08 Å². The second-order valence-electron chi connectivity index (χ2n) is 9.58. The van der Waals surface area contributed by atoms with E-state index in [4.69, 9.17) is 4.74 Å². The van der Waals surface area contributed by atoms with Crippen LogP contribution in [0, 0.1) is 0 Å². The fourth-order valence-corrected chi connectivity index (χ4v) is 4.00. The van der Waals surface area contributed by atoms with E-state index in [1.165, 1.54) is 7.11 Å². The summed E-state index contributed by atoms with van der Waals surface area (Å²) in [6.45, 7) is 12.4. The molecule has 2 rings (SSSR count). The van der Waals surface area contributed by atoms with Crippen LogP contribution >= 0.6 is 11.8 Å². The second kappa shape index (κ2) is 9.44. The number of aromatic hydroxyl groups is 1. The van der Waals surface area contributed by atoms with Crippen molar-refractivity contribution in [2.45, 2.75) is 52.4 Å². The third-order valence-electron chi connectivity index (χ3n) is 4.85. The van der Waals surface area contributed by atoms with E-state index in [9.17, 15) is 19.5 Å². The van der Waals surface area contributed by atoms with Crippen LogP contribution in [0.5, 0.6) is 5.75 Å². The van der Waals surface area contributed by atoms with Crippen molar-refractivity contribution in [2.75, 3.05) is 26.8 Å². The number of rotatable bonds is 6. The lowest BCUT2D eigenvalue weighted by molar-refractivity contribution is -0.129. The van der Waals surface area contributed by atoms with Gasteiger partial charge in [0.15, 0.2) is 0 Å². The number of methoxy groups -OCH3 is 1. The zero-order chi connectivity index (χ0) is 23.6. The first-order valence-electron chi connectivity index (χ1n) is 10.1. The van der Waals surface area contributed by atoms with Crippen LogP contribution < -0.4 is 5.32 Å². The van der Waals surface area contributed by atoms with Gasteiger partial charge >= 0.3 is 0 Å². The minimum Gasteiger partial charge on any atom is -0.507 e. The van der Waals surface area contributed by atoms with E-state index in [-0.39, 0.29) is 28.0 Å². The van der Waals surface area contributed by atoms with Crippen molar-refractivity contribution < 1.29 is 24.2 Å². The first-order chi connectivity index (χ1) is 14.3. The van der Waals surface area contributed by atoms with E-state index < -0.39 is 17.1 Å². The lowest BCUT2D eigenvalue weighted by Crippen LogP contribution is -2.40. The molecule has 0 aromatic heterocycles. The van der Waals surface area contributed by atoms with E-state index in [0.29, 0.717) is 13.2 Å². The van der Waals surface area contributed by atoms with Crippen molar-refractivity contribution in [1.29, 1.82) is 0 Å². The predicted molar refractivity (Wildman–Crippen MR) is 123 cm³/mol. The fraction of sp³-hybridized carbons (Fsp3) is 0.522. The van der Waals surface area contributed by atoms with E-state index >= 15 is 0 Å². The van der Waals surface area contributed by atoms with Crippen molar-refractivity contribution in [3.8, 4) is 5.75 Å². The van der Waals surface area contributed by atoms with Gasteiger partial charge in [-0.2, -0.15) is 0 Å². The molecule has 1 saturated heterocycles. The number of nitrogens with one attached hydrogen (secondary N) is 1. The number of thioether (sulfide) groups is 1. The van der Waals surface area contributed by atoms with Crippen LogP contribution in [-0.4, -0.2) is 53.9 Å². The molecular weight excluding hydrogens is 416 g/mol. The van der Waals surface area contributed by atoms with Gasteiger partial charge in [0.2, 0.25) is 5.91 Å². The molecule has 1 aliphatic heterocycles. The van der Waals surface area contributed by atoms with Gasteiger partial charge in [-0.25, -0.2) is 0 Å². The zero-order valence-electron chi connectivity index (χ0n) is 19.3. The Balaban J connectivity index is 2.36. The number of amides is 3. The maximum Gasteiger partial charge on any atom is 0.294 e. The average molecular weight is 449 g/mol. The lowest BCUT2D eigenvalue weighted by Gasteiger charge is -2.28. The number of nitrogens with zero attached hydrogens (tertiary/aromatic N) is 1. The van der Waals surface area contributed by atoms with E-state index in [0.717, 1.165) is 33.4 Å². The summed E-state index contributed by atoms with van der Waals surface area (Å²) < 4.78 is 4.87. The van der Waals surface area contributed by atoms with E-state index in [2.05, 4.69) is 5.32 Å². The first kappa shape index (κ1) is 24.9. The Kier molecular flexibility index (Phi) is 7.60. The lowest BCUT2D eigenvalue weighted by atomic mass is 9.78. The third kappa shape index (κ3) is 6.11. The van der Waals surface area contributed by atoms with Crippen molar-refractivity contribution >= 4 is 34.9 Å². The van der Waals surface area contributed by atoms with Gasteiger partial charge in [0, 0.05) is 24.8 Å². The summed E-state index contributed by atoms with van der Waals surface area (Å²) in [5.41, 5.74) is 1.63. The van der Waals surface area contributed by atoms with Crippen molar-refractivity contribution in [3.05, 3.63) is 33.7 Å². The third-order valence-corrected chi connectivity index (χ3v) is 5.76. The Morgan fingerprint density at radius 3 is 2.16 bits per heavy atom. The summed E-state index contributed by atoms with van der Waals surface area (Å²) in [6.07, 6.45) is 1.65. The maximum atomic E-state index is 12.8. The van der Waals surface area contributed by atoms with Crippen LogP contribution in [0.1, 0.15) is 58.2 Å². The monoisotopic (exact) mass is 448 g/mol. The molecule has 0 aliphatic carbocycles. The summed E-state index contributed by atoms with van der Waals surface area (Å²) in [7, 11) is 1.52. The minimum absolute atomic E-state index is 0.248. The van der Waals surface area contributed by atoms with Gasteiger partial charge in [-0.1, -0.05) is 41.5 Å². The van der Waals surface area contributed by atoms with Crippen LogP contribution in [0.3, 0.4) is 0 Å². The highest BCUT2D eigenvalue weighted by molar-refractivity contribution is 8.18. The highest BCUT2D eigenvalue weighted by Gasteiger charge is 2.36. The van der Waals surface area contributed by atoms with Gasteiger partial charge in [0.1, 0.15) is 12.3 Å². The number of phenolic OH excluding ortho intramolecular Hbond substituents is 1. The number of benzene rings is 1. The number of carbonyl (C=O) groups is 3. The number of ether oxygens (including phenoxy) is 1. The molecule has 170 valence electrons. The van der Waals surface area contributed by atoms with Crippen LogP contribution in [0.15, 0.2) is 17.0 Å². The molecule has 3 amide bonds. The quantitative estimate of drug-likeness (QED) is 0.508. The highest BCUT2D eigenvalue weighted by Crippen LogP contribution is 2.41. The molecule has 0 spiro atoms. The van der Waals surface area contributed by atoms with Crippen LogP contribution in [-0.2, 0) is 25.2 Å². The van der Waals surface area contributed by atoms with Crippen LogP contribution in [0.25, 0.3) is 6.08 Å². The van der Waals surface area contributed by atoms with Gasteiger partial charge in [0.25, 0.3) is 11.1 Å². The molecule has 7 nitrogen and oxygen atoms in total. The van der Waals surface area contributed by atoms with Gasteiger partial charge < -0.3 is 15.2 Å². The Bertz CT molecular complexity index is 875. The molecule has 0 atom stereocenters. The molecule has 2 N–H and O–H groups in total. The molecule has 0 unspecified atom stereocenters. The number of hydrogen-bond acceptors (Lipinski definition) is 6. The SMILES string of the molecule is COCCNC(=O)CN1C(=O)S/C(=C\c2cc(C(C)(C)C)c(O)c(C(C)(C)C)c2)C1=O. The summed E-state index contributed by atoms with van der Waals surface area (Å²) in [6, 6.07) is 3.69. The largest absolute Gasteiger partial charge is 0.507 e. The summed E-state index contributed by atoms with van der Waals surface area (Å²) in [5.74, 6) is -0.673. The van der Waals surface area contributed by atoms with Crippen LogP contribution in [0.2, 0.25) is 0 Å². The number of phenols is 1. The number of imide groups is 1. The molecule has 0 radical (unpaired) electrons. The van der Waals surface area contributed by atoms with Crippen molar-refractivity contribution in [1.82, 2.24) is 10.2 Å². The predicted octanol–water partition coefficient (Wildman–Crippen LogP) is 3.79. The molecule has 8 heteroatoms. The Labute approximate surface area is 188 Å². The topological polar surface area (TPSA) is 95.9 Å². The minimum atomic E-state index is -0.500. The fourth-order valence-electron chi connectivity index (χ4n) is 3.16. The van der Waals surface area contributed by atoms with Gasteiger partial charge in [0.05, 0.1) is 11.5 Å². The van der Waals surface area contributed by atoms with Crippen LogP contribution in [0.4, 0.5) is 4.79 Å². The van der Waals surface area contributed by atoms with E-state index in [1.807, 2.05) is 53.7 Å². The summed E-state index contributed by atoms with van der Waals surface area (Å²) in [4.78, 5) is 38.3. The molecule has 0 bridgehead atoms. The van der Waals surface area contributed by atoms with Crippen molar-refractivity contribution in [2.24, 2.45) is 0 Å². The number of carbonyl (C=O) groups excluding carboxylic acids is 3. The van der Waals surface area contributed by atoms with Gasteiger partial charge in [-0.15, -0.1) is 0 Å². The summed E-state index contributed by atoms with van der Waals surface area (Å²) >= 11 is 0.809. The molecule has 1 heterocycles. The number of hydrogen-bond donors (Lipinski definition) is 2. The molecule has 1 fully saturated rings. The Morgan fingerprint density at radius 1 is 1.13 bits per heavy atom. The summed E-state index contributed by atoms with van der Waals surface area (Å²) in [5, 5.41) is 13.0. The molecule has 1 aromatic rings. The Morgan fingerprint density at radius 2 is 1.68 bits per heavy atom. The average Bonchev–Trinajstić information content (AvgIpc) is 2.88.